The molecule has 3 fully saturated rings. The highest BCUT2D eigenvalue weighted by Gasteiger charge is 2.59. The maximum atomic E-state index is 12.4. The van der Waals surface area contributed by atoms with Gasteiger partial charge in [0.05, 0.1) is 6.10 Å². The first-order valence-electron chi connectivity index (χ1n) is 11.5. The molecule has 6 nitrogen and oxygen atoms in total. The van der Waals surface area contributed by atoms with E-state index in [0.29, 0.717) is 29.9 Å². The third kappa shape index (κ3) is 5.35. The second-order valence-electron chi connectivity index (χ2n) is 9.06. The van der Waals surface area contributed by atoms with Gasteiger partial charge < -0.3 is 20.3 Å². The third-order valence-corrected chi connectivity index (χ3v) is 7.34. The summed E-state index contributed by atoms with van der Waals surface area (Å²) in [4.78, 5) is 18.9. The van der Waals surface area contributed by atoms with Gasteiger partial charge in [0.2, 0.25) is 5.91 Å². The zero-order valence-electron chi connectivity index (χ0n) is 18.8. The molecule has 3 unspecified atom stereocenters. The van der Waals surface area contributed by atoms with Crippen LogP contribution in [0.1, 0.15) is 44.6 Å². The van der Waals surface area contributed by atoms with E-state index in [4.69, 9.17) is 4.74 Å². The van der Waals surface area contributed by atoms with Crippen LogP contribution in [0.4, 0.5) is 0 Å². The Balaban J connectivity index is 0.00000272. The molecule has 0 bridgehead atoms. The van der Waals surface area contributed by atoms with Gasteiger partial charge in [0, 0.05) is 57.1 Å². The van der Waals surface area contributed by atoms with Crippen LogP contribution in [0.5, 0.6) is 0 Å². The minimum atomic E-state index is 0. The Kier molecular flexibility index (Phi) is 8.61. The molecular formula is C24H37IN4O2. The van der Waals surface area contributed by atoms with Gasteiger partial charge in [-0.25, -0.2) is 0 Å². The van der Waals surface area contributed by atoms with E-state index in [1.54, 1.807) is 0 Å². The van der Waals surface area contributed by atoms with E-state index in [1.807, 2.05) is 18.0 Å². The summed E-state index contributed by atoms with van der Waals surface area (Å²) in [6, 6.07) is 10.8. The van der Waals surface area contributed by atoms with E-state index in [1.165, 1.54) is 24.8 Å². The molecule has 1 aliphatic heterocycles. The highest BCUT2D eigenvalue weighted by Crippen LogP contribution is 2.57. The van der Waals surface area contributed by atoms with Gasteiger partial charge in [-0.1, -0.05) is 36.8 Å². The smallest absolute Gasteiger partial charge is 0.223 e. The summed E-state index contributed by atoms with van der Waals surface area (Å²) in [5.74, 6) is 1.46. The minimum Gasteiger partial charge on any atom is -0.378 e. The van der Waals surface area contributed by atoms with Crippen LogP contribution in [0, 0.1) is 11.3 Å². The molecule has 1 saturated heterocycles. The number of carbonyl (C=O) groups excluding carboxylic acids is 1. The van der Waals surface area contributed by atoms with Crippen LogP contribution in [0.15, 0.2) is 35.3 Å². The van der Waals surface area contributed by atoms with E-state index in [-0.39, 0.29) is 29.9 Å². The van der Waals surface area contributed by atoms with Gasteiger partial charge in [-0.3, -0.25) is 9.79 Å². The van der Waals surface area contributed by atoms with Crippen molar-refractivity contribution in [3.8, 4) is 0 Å². The lowest BCUT2D eigenvalue weighted by atomic mass is 9.51. The predicted octanol–water partition coefficient (Wildman–Crippen LogP) is 3.21. The van der Waals surface area contributed by atoms with Gasteiger partial charge >= 0.3 is 0 Å². The molecule has 3 atom stereocenters. The fourth-order valence-corrected chi connectivity index (χ4v) is 5.36. The highest BCUT2D eigenvalue weighted by molar-refractivity contribution is 14.0. The second kappa shape index (κ2) is 11.0. The Morgan fingerprint density at radius 1 is 1.29 bits per heavy atom. The quantitative estimate of drug-likeness (QED) is 0.302. The van der Waals surface area contributed by atoms with E-state index in [9.17, 15) is 4.79 Å². The summed E-state index contributed by atoms with van der Waals surface area (Å²) in [6.45, 7) is 5.29. The number of carbonyl (C=O) groups is 1. The molecule has 0 aromatic heterocycles. The van der Waals surface area contributed by atoms with Crippen LogP contribution in [0.2, 0.25) is 0 Å². The van der Waals surface area contributed by atoms with Crippen LogP contribution in [-0.2, 0) is 16.0 Å². The number of ether oxygens (including phenoxy) is 1. The van der Waals surface area contributed by atoms with Crippen LogP contribution >= 0.6 is 24.0 Å². The summed E-state index contributed by atoms with van der Waals surface area (Å²) in [7, 11) is 1.83. The number of rotatable bonds is 8. The zero-order valence-corrected chi connectivity index (χ0v) is 21.1. The fraction of sp³-hybridized carbons (Fsp3) is 0.667. The fourth-order valence-electron chi connectivity index (χ4n) is 5.36. The number of halogens is 1. The summed E-state index contributed by atoms with van der Waals surface area (Å²) < 4.78 is 5.96. The van der Waals surface area contributed by atoms with Gasteiger partial charge in [0.1, 0.15) is 0 Å². The average Bonchev–Trinajstić information content (AvgIpc) is 3.07. The second-order valence-corrected chi connectivity index (χ2v) is 9.06. The van der Waals surface area contributed by atoms with Crippen LogP contribution < -0.4 is 10.6 Å². The highest BCUT2D eigenvalue weighted by atomic mass is 127. The number of hydrogen-bond donors (Lipinski definition) is 2. The third-order valence-electron chi connectivity index (χ3n) is 7.34. The monoisotopic (exact) mass is 540 g/mol. The molecule has 1 aromatic rings. The van der Waals surface area contributed by atoms with Gasteiger partial charge in [0.15, 0.2) is 5.96 Å². The van der Waals surface area contributed by atoms with Crippen molar-refractivity contribution in [3.63, 3.8) is 0 Å². The number of hydrogen-bond acceptors (Lipinski definition) is 3. The standard InChI is InChI=1S/C24H36N4O2.HI/c1-3-30-21-15-20(24(21)11-7-12-24)27-23(25-2)26-16-19-14-22(29)28(17-19)13-10-18-8-5-4-6-9-18;/h4-6,8-9,19-21H,3,7,10-17H2,1-2H3,(H2,25,26,27);1H. The summed E-state index contributed by atoms with van der Waals surface area (Å²) in [5.41, 5.74) is 1.60. The van der Waals surface area contributed by atoms with Crippen LogP contribution in [0.25, 0.3) is 0 Å². The Bertz CT molecular complexity index is 753. The topological polar surface area (TPSA) is 66.0 Å². The van der Waals surface area contributed by atoms with Crippen molar-refractivity contribution in [3.05, 3.63) is 35.9 Å². The molecule has 4 rings (SSSR count). The molecule has 3 aliphatic rings. The molecule has 0 radical (unpaired) electrons. The molecule has 31 heavy (non-hydrogen) atoms. The van der Waals surface area contributed by atoms with Crippen molar-refractivity contribution < 1.29 is 9.53 Å². The summed E-state index contributed by atoms with van der Waals surface area (Å²) >= 11 is 0. The molecule has 1 aromatic carbocycles. The molecular weight excluding hydrogens is 503 g/mol. The lowest BCUT2D eigenvalue weighted by molar-refractivity contribution is -0.168. The van der Waals surface area contributed by atoms with E-state index in [0.717, 1.165) is 45.0 Å². The number of aliphatic imine (C=N–C) groups is 1. The maximum Gasteiger partial charge on any atom is 0.223 e. The Labute approximate surface area is 203 Å². The van der Waals surface area contributed by atoms with Crippen molar-refractivity contribution in [2.45, 2.75) is 57.6 Å². The first-order valence-corrected chi connectivity index (χ1v) is 11.5. The number of benzene rings is 1. The molecule has 7 heteroatoms. The molecule has 2 saturated carbocycles. The molecule has 1 spiro atoms. The predicted molar refractivity (Wildman–Crippen MR) is 135 cm³/mol. The lowest BCUT2D eigenvalue weighted by Crippen LogP contribution is -2.68. The van der Waals surface area contributed by atoms with Gasteiger partial charge in [0.25, 0.3) is 0 Å². The lowest BCUT2D eigenvalue weighted by Gasteiger charge is -2.61. The number of nitrogens with one attached hydrogen (secondary N) is 2. The number of amides is 1. The normalized spacial score (nSPS) is 26.8. The van der Waals surface area contributed by atoms with Gasteiger partial charge in [-0.05, 0) is 38.2 Å². The Hall–Kier alpha value is -1.35. The zero-order chi connectivity index (χ0) is 21.0. The van der Waals surface area contributed by atoms with E-state index < -0.39 is 0 Å². The number of guanidine groups is 1. The van der Waals surface area contributed by atoms with Gasteiger partial charge in [-0.15, -0.1) is 24.0 Å². The first kappa shape index (κ1) is 24.3. The minimum absolute atomic E-state index is 0. The molecule has 2 aliphatic carbocycles. The van der Waals surface area contributed by atoms with Gasteiger partial charge in [-0.2, -0.15) is 0 Å². The summed E-state index contributed by atoms with van der Waals surface area (Å²) in [6.07, 6.45) is 6.80. The molecule has 1 amide bonds. The maximum absolute atomic E-state index is 12.4. The molecule has 172 valence electrons. The van der Waals surface area contributed by atoms with Crippen molar-refractivity contribution in [1.82, 2.24) is 15.5 Å². The van der Waals surface area contributed by atoms with Crippen LogP contribution in [-0.4, -0.2) is 62.2 Å². The average molecular weight is 540 g/mol. The summed E-state index contributed by atoms with van der Waals surface area (Å²) in [5, 5.41) is 7.12. The van der Waals surface area contributed by atoms with Crippen molar-refractivity contribution in [2.24, 2.45) is 16.3 Å². The number of nitrogens with zero attached hydrogens (tertiary/aromatic N) is 2. The SMILES string of the molecule is CCOC1CC(NC(=NC)NCC2CC(=O)N(CCc3ccccc3)C2)C12CCC2.I. The molecule has 2 N–H and O–H groups in total. The van der Waals surface area contributed by atoms with Crippen molar-refractivity contribution in [2.75, 3.05) is 33.3 Å². The Morgan fingerprint density at radius 2 is 2.06 bits per heavy atom. The van der Waals surface area contributed by atoms with E-state index in [2.05, 4.69) is 46.8 Å². The number of likely N-dealkylation sites (tertiary alicyclic amines) is 1. The molecule has 1 heterocycles. The van der Waals surface area contributed by atoms with Crippen molar-refractivity contribution >= 4 is 35.8 Å². The Morgan fingerprint density at radius 3 is 2.71 bits per heavy atom. The van der Waals surface area contributed by atoms with Crippen LogP contribution in [0.3, 0.4) is 0 Å². The van der Waals surface area contributed by atoms with Crippen molar-refractivity contribution in [1.29, 1.82) is 0 Å². The largest absolute Gasteiger partial charge is 0.378 e. The first-order chi connectivity index (χ1) is 14.6. The van der Waals surface area contributed by atoms with E-state index >= 15 is 0 Å².